The third-order valence-corrected chi connectivity index (χ3v) is 3.11. The lowest BCUT2D eigenvalue weighted by Crippen LogP contribution is -2.17. The van der Waals surface area contributed by atoms with Crippen molar-refractivity contribution in [3.05, 3.63) is 35.4 Å². The molecule has 0 radical (unpaired) electrons. The molecule has 1 nitrogen and oxygen atoms in total. The molecule has 2 rings (SSSR count). The summed E-state index contributed by atoms with van der Waals surface area (Å²) in [7, 11) is 0. The van der Waals surface area contributed by atoms with Gasteiger partial charge in [0.05, 0.1) is 0 Å². The van der Waals surface area contributed by atoms with Gasteiger partial charge in [-0.1, -0.05) is 12.1 Å². The van der Waals surface area contributed by atoms with Gasteiger partial charge >= 0.3 is 0 Å². The van der Waals surface area contributed by atoms with E-state index in [2.05, 4.69) is 0 Å². The van der Waals surface area contributed by atoms with Gasteiger partial charge in [0.15, 0.2) is 11.6 Å². The first-order chi connectivity index (χ1) is 7.77. The van der Waals surface area contributed by atoms with Crippen LogP contribution >= 0.6 is 0 Å². The van der Waals surface area contributed by atoms with E-state index in [1.54, 1.807) is 12.1 Å². The second-order valence-corrected chi connectivity index (χ2v) is 4.33. The van der Waals surface area contributed by atoms with Crippen LogP contribution in [0.2, 0.25) is 0 Å². The number of halogens is 2. The van der Waals surface area contributed by atoms with Crippen molar-refractivity contribution in [1.82, 2.24) is 0 Å². The predicted octanol–water partition coefficient (Wildman–Crippen LogP) is 3.32. The van der Waals surface area contributed by atoms with Crippen LogP contribution in [0, 0.1) is 17.6 Å². The van der Waals surface area contributed by atoms with Gasteiger partial charge in [0.1, 0.15) is 0 Å². The molecule has 0 N–H and O–H groups in total. The Bertz CT molecular complexity index is 346. The van der Waals surface area contributed by atoms with Gasteiger partial charge in [0, 0.05) is 13.2 Å². The molecular formula is C13H16F2O. The van der Waals surface area contributed by atoms with Crippen molar-refractivity contribution in [3.63, 3.8) is 0 Å². The van der Waals surface area contributed by atoms with Crippen molar-refractivity contribution in [1.29, 1.82) is 0 Å². The Morgan fingerprint density at radius 2 is 2.19 bits per heavy atom. The van der Waals surface area contributed by atoms with Crippen LogP contribution in [0.3, 0.4) is 0 Å². The van der Waals surface area contributed by atoms with Gasteiger partial charge in [0.25, 0.3) is 0 Å². The monoisotopic (exact) mass is 226 g/mol. The van der Waals surface area contributed by atoms with E-state index in [-0.39, 0.29) is 0 Å². The van der Waals surface area contributed by atoms with Gasteiger partial charge in [-0.2, -0.15) is 0 Å². The Labute approximate surface area is 94.4 Å². The molecule has 1 aromatic rings. The summed E-state index contributed by atoms with van der Waals surface area (Å²) in [5.74, 6) is -0.951. The molecule has 3 heteroatoms. The van der Waals surface area contributed by atoms with Gasteiger partial charge in [-0.15, -0.1) is 0 Å². The molecule has 16 heavy (non-hydrogen) atoms. The molecule has 1 aromatic carbocycles. The molecule has 1 unspecified atom stereocenters. The average Bonchev–Trinajstić information content (AvgIpc) is 2.32. The highest BCUT2D eigenvalue weighted by Gasteiger charge is 2.15. The van der Waals surface area contributed by atoms with E-state index in [0.29, 0.717) is 17.9 Å². The fourth-order valence-electron chi connectivity index (χ4n) is 2.14. The second kappa shape index (κ2) is 5.39. The molecule has 1 aliphatic rings. The summed E-state index contributed by atoms with van der Waals surface area (Å²) >= 11 is 0. The van der Waals surface area contributed by atoms with Crippen molar-refractivity contribution in [3.8, 4) is 0 Å². The molecule has 1 aliphatic heterocycles. The van der Waals surface area contributed by atoms with Crippen molar-refractivity contribution in [2.24, 2.45) is 5.92 Å². The van der Waals surface area contributed by atoms with Crippen LogP contribution < -0.4 is 0 Å². The second-order valence-electron chi connectivity index (χ2n) is 4.33. The summed E-state index contributed by atoms with van der Waals surface area (Å²) in [5.41, 5.74) is 0.477. The van der Waals surface area contributed by atoms with E-state index in [1.807, 2.05) is 0 Å². The van der Waals surface area contributed by atoms with Crippen LogP contribution in [0.25, 0.3) is 0 Å². The first-order valence-electron chi connectivity index (χ1n) is 5.78. The zero-order valence-electron chi connectivity index (χ0n) is 9.22. The van der Waals surface area contributed by atoms with Crippen LogP contribution in [-0.2, 0) is 11.2 Å². The van der Waals surface area contributed by atoms with E-state index >= 15 is 0 Å². The third-order valence-electron chi connectivity index (χ3n) is 3.11. The highest BCUT2D eigenvalue weighted by Crippen LogP contribution is 2.21. The van der Waals surface area contributed by atoms with E-state index in [0.717, 1.165) is 38.5 Å². The van der Waals surface area contributed by atoms with E-state index in [9.17, 15) is 8.78 Å². The highest BCUT2D eigenvalue weighted by molar-refractivity contribution is 5.19. The van der Waals surface area contributed by atoms with Crippen molar-refractivity contribution in [2.75, 3.05) is 13.2 Å². The minimum atomic E-state index is -0.752. The molecule has 1 atom stereocenters. The number of hydrogen-bond donors (Lipinski definition) is 0. The van der Waals surface area contributed by atoms with Gasteiger partial charge in [-0.3, -0.25) is 0 Å². The summed E-state index contributed by atoms with van der Waals surface area (Å²) in [4.78, 5) is 0. The summed E-state index contributed by atoms with van der Waals surface area (Å²) in [5, 5.41) is 0. The first kappa shape index (κ1) is 11.5. The Balaban J connectivity index is 1.91. The molecule has 1 saturated heterocycles. The zero-order chi connectivity index (χ0) is 11.4. The maximum Gasteiger partial charge on any atom is 0.162 e. The predicted molar refractivity (Wildman–Crippen MR) is 58.2 cm³/mol. The smallest absolute Gasteiger partial charge is 0.162 e. The lowest BCUT2D eigenvalue weighted by molar-refractivity contribution is 0.0517. The molecule has 0 aliphatic carbocycles. The Kier molecular flexibility index (Phi) is 3.88. The molecule has 0 saturated carbocycles. The number of ether oxygens (including phenoxy) is 1. The quantitative estimate of drug-likeness (QED) is 0.768. The van der Waals surface area contributed by atoms with Gasteiger partial charge in [-0.05, 0) is 43.2 Å². The molecule has 0 aromatic heterocycles. The zero-order valence-corrected chi connectivity index (χ0v) is 9.22. The minimum absolute atomic E-state index is 0.477. The number of rotatable bonds is 3. The van der Waals surface area contributed by atoms with Gasteiger partial charge in [-0.25, -0.2) is 8.78 Å². The standard InChI is InChI=1S/C13H16F2O/c14-12-5-1-4-11(13(12)15)7-6-10-3-2-8-16-9-10/h1,4-5,10H,2-3,6-9H2. The molecular weight excluding hydrogens is 210 g/mol. The third kappa shape index (κ3) is 2.79. The number of hydrogen-bond acceptors (Lipinski definition) is 1. The Morgan fingerprint density at radius 3 is 2.94 bits per heavy atom. The van der Waals surface area contributed by atoms with E-state index < -0.39 is 11.6 Å². The summed E-state index contributed by atoms with van der Waals surface area (Å²) < 4.78 is 31.7. The fraction of sp³-hybridized carbons (Fsp3) is 0.538. The lowest BCUT2D eigenvalue weighted by Gasteiger charge is -2.21. The Morgan fingerprint density at radius 1 is 1.31 bits per heavy atom. The number of aryl methyl sites for hydroxylation is 1. The first-order valence-corrected chi connectivity index (χ1v) is 5.78. The maximum absolute atomic E-state index is 13.3. The summed E-state index contributed by atoms with van der Waals surface area (Å²) in [6.07, 6.45) is 3.69. The molecule has 0 amide bonds. The van der Waals surface area contributed by atoms with Crippen molar-refractivity contribution in [2.45, 2.75) is 25.7 Å². The van der Waals surface area contributed by atoms with Crippen LogP contribution in [-0.4, -0.2) is 13.2 Å². The molecule has 1 fully saturated rings. The van der Waals surface area contributed by atoms with Crippen LogP contribution in [0.1, 0.15) is 24.8 Å². The lowest BCUT2D eigenvalue weighted by atomic mass is 9.94. The molecule has 1 heterocycles. The maximum atomic E-state index is 13.3. The van der Waals surface area contributed by atoms with Crippen LogP contribution in [0.15, 0.2) is 18.2 Å². The van der Waals surface area contributed by atoms with Gasteiger partial charge in [0.2, 0.25) is 0 Å². The molecule has 88 valence electrons. The largest absolute Gasteiger partial charge is 0.381 e. The van der Waals surface area contributed by atoms with Crippen molar-refractivity contribution >= 4 is 0 Å². The van der Waals surface area contributed by atoms with Crippen LogP contribution in [0.4, 0.5) is 8.78 Å². The fourth-order valence-corrected chi connectivity index (χ4v) is 2.14. The SMILES string of the molecule is Fc1cccc(CCC2CCCOC2)c1F. The molecule has 0 spiro atoms. The summed E-state index contributed by atoms with van der Waals surface area (Å²) in [6, 6.07) is 4.37. The summed E-state index contributed by atoms with van der Waals surface area (Å²) in [6.45, 7) is 1.60. The average molecular weight is 226 g/mol. The van der Waals surface area contributed by atoms with Crippen molar-refractivity contribution < 1.29 is 13.5 Å². The van der Waals surface area contributed by atoms with Gasteiger partial charge < -0.3 is 4.74 Å². The van der Waals surface area contributed by atoms with E-state index in [1.165, 1.54) is 0 Å². The van der Waals surface area contributed by atoms with Crippen LogP contribution in [0.5, 0.6) is 0 Å². The topological polar surface area (TPSA) is 9.23 Å². The molecule has 0 bridgehead atoms. The highest BCUT2D eigenvalue weighted by atomic mass is 19.2. The minimum Gasteiger partial charge on any atom is -0.381 e. The van der Waals surface area contributed by atoms with E-state index in [4.69, 9.17) is 4.74 Å². The Hall–Kier alpha value is -0.960. The number of benzene rings is 1. The normalized spacial score (nSPS) is 21.0.